The fourth-order valence-electron chi connectivity index (χ4n) is 3.07. The number of carbonyl (C=O) groups excluding carboxylic acids is 2. The van der Waals surface area contributed by atoms with Gasteiger partial charge in [-0.3, -0.25) is 19.4 Å². The first-order valence-electron chi connectivity index (χ1n) is 9.06. The Balaban J connectivity index is 1.75. The van der Waals surface area contributed by atoms with Crippen LogP contribution in [0.1, 0.15) is 25.0 Å². The van der Waals surface area contributed by atoms with Gasteiger partial charge in [-0.05, 0) is 31.9 Å². The van der Waals surface area contributed by atoms with Crippen molar-refractivity contribution in [2.45, 2.75) is 33.4 Å². The highest BCUT2D eigenvalue weighted by atomic mass is 16.2. The number of benzene rings is 1. The maximum absolute atomic E-state index is 12.4. The Morgan fingerprint density at radius 3 is 2.44 bits per heavy atom. The summed E-state index contributed by atoms with van der Waals surface area (Å²) in [5.74, 6) is 0.125. The summed E-state index contributed by atoms with van der Waals surface area (Å²) in [6.07, 6.45) is 0. The summed E-state index contributed by atoms with van der Waals surface area (Å²) < 4.78 is 0. The van der Waals surface area contributed by atoms with Crippen LogP contribution in [-0.2, 0) is 16.1 Å². The molecule has 0 aliphatic carbocycles. The first-order chi connectivity index (χ1) is 12.0. The fraction of sp³-hybridized carbons (Fsp3) is 0.579. The third-order valence-electron chi connectivity index (χ3n) is 4.79. The molecular weight excluding hydrogens is 316 g/mol. The summed E-state index contributed by atoms with van der Waals surface area (Å²) >= 11 is 0. The lowest BCUT2D eigenvalue weighted by Gasteiger charge is -2.37. The molecule has 2 rings (SSSR count). The Labute approximate surface area is 150 Å². The van der Waals surface area contributed by atoms with Gasteiger partial charge in [-0.2, -0.15) is 0 Å². The van der Waals surface area contributed by atoms with Gasteiger partial charge in [-0.15, -0.1) is 0 Å². The van der Waals surface area contributed by atoms with Crippen molar-refractivity contribution in [2.75, 3.05) is 39.3 Å². The topological polar surface area (TPSA) is 64.7 Å². The minimum Gasteiger partial charge on any atom is -0.355 e. The van der Waals surface area contributed by atoms with Crippen LogP contribution in [0.15, 0.2) is 24.3 Å². The van der Waals surface area contributed by atoms with Crippen LogP contribution in [0.5, 0.6) is 0 Å². The van der Waals surface area contributed by atoms with Gasteiger partial charge in [0, 0.05) is 39.3 Å². The highest BCUT2D eigenvalue weighted by molar-refractivity contribution is 5.81. The van der Waals surface area contributed by atoms with Crippen molar-refractivity contribution in [3.05, 3.63) is 35.4 Å². The van der Waals surface area contributed by atoms with E-state index in [9.17, 15) is 9.59 Å². The molecule has 1 saturated heterocycles. The fourth-order valence-corrected chi connectivity index (χ4v) is 3.07. The Bertz CT molecular complexity index is 583. The van der Waals surface area contributed by atoms with E-state index in [-0.39, 0.29) is 17.9 Å². The van der Waals surface area contributed by atoms with E-state index in [4.69, 9.17) is 0 Å². The van der Waals surface area contributed by atoms with Crippen molar-refractivity contribution in [1.29, 1.82) is 0 Å². The number of hydrogen-bond donors (Lipinski definition) is 2. The first kappa shape index (κ1) is 19.4. The number of aryl methyl sites for hydroxylation is 1. The molecule has 0 aromatic heterocycles. The van der Waals surface area contributed by atoms with Crippen LogP contribution in [0.2, 0.25) is 0 Å². The van der Waals surface area contributed by atoms with Crippen LogP contribution in [-0.4, -0.2) is 66.9 Å². The standard InChI is InChI=1S/C19H30N4O2/c1-4-20-18(24)14-22-9-11-23(12-10-22)16(3)19(25)21-13-17-8-6-5-7-15(17)2/h5-8,16H,4,9-14H2,1-3H3,(H,20,24)(H,21,25). The smallest absolute Gasteiger partial charge is 0.237 e. The molecule has 2 amide bonds. The SMILES string of the molecule is CCNC(=O)CN1CCN(C(C)C(=O)NCc2ccccc2C)CC1. The van der Waals surface area contributed by atoms with E-state index in [1.807, 2.05) is 32.0 Å². The highest BCUT2D eigenvalue weighted by Gasteiger charge is 2.26. The van der Waals surface area contributed by atoms with Gasteiger partial charge in [0.15, 0.2) is 0 Å². The average Bonchev–Trinajstić information content (AvgIpc) is 2.61. The highest BCUT2D eigenvalue weighted by Crippen LogP contribution is 2.09. The quantitative estimate of drug-likeness (QED) is 0.765. The molecule has 1 aliphatic heterocycles. The summed E-state index contributed by atoms with van der Waals surface area (Å²) in [4.78, 5) is 28.4. The van der Waals surface area contributed by atoms with Crippen LogP contribution >= 0.6 is 0 Å². The molecule has 0 radical (unpaired) electrons. The van der Waals surface area contributed by atoms with Gasteiger partial charge in [0.1, 0.15) is 0 Å². The van der Waals surface area contributed by atoms with Gasteiger partial charge >= 0.3 is 0 Å². The summed E-state index contributed by atoms with van der Waals surface area (Å²) in [7, 11) is 0. The van der Waals surface area contributed by atoms with E-state index >= 15 is 0 Å². The Hall–Kier alpha value is -1.92. The predicted molar refractivity (Wildman–Crippen MR) is 99.2 cm³/mol. The molecule has 2 N–H and O–H groups in total. The maximum Gasteiger partial charge on any atom is 0.237 e. The molecule has 1 aromatic rings. The van der Waals surface area contributed by atoms with Crippen molar-refractivity contribution >= 4 is 11.8 Å². The van der Waals surface area contributed by atoms with E-state index in [0.29, 0.717) is 19.6 Å². The van der Waals surface area contributed by atoms with Gasteiger partial charge in [-0.25, -0.2) is 0 Å². The van der Waals surface area contributed by atoms with Crippen molar-refractivity contribution in [3.8, 4) is 0 Å². The number of rotatable bonds is 7. The van der Waals surface area contributed by atoms with E-state index < -0.39 is 0 Å². The molecule has 25 heavy (non-hydrogen) atoms. The normalized spacial score (nSPS) is 17.1. The monoisotopic (exact) mass is 346 g/mol. The van der Waals surface area contributed by atoms with Crippen LogP contribution in [0.3, 0.4) is 0 Å². The molecule has 1 atom stereocenters. The van der Waals surface area contributed by atoms with Crippen LogP contribution in [0, 0.1) is 6.92 Å². The molecule has 1 aliphatic rings. The van der Waals surface area contributed by atoms with Crippen molar-refractivity contribution in [3.63, 3.8) is 0 Å². The lowest BCUT2D eigenvalue weighted by Crippen LogP contribution is -2.55. The third kappa shape index (κ3) is 5.83. The van der Waals surface area contributed by atoms with E-state index in [0.717, 1.165) is 31.7 Å². The van der Waals surface area contributed by atoms with Gasteiger partial charge in [0.05, 0.1) is 12.6 Å². The predicted octanol–water partition coefficient (Wildman–Crippen LogP) is 0.753. The van der Waals surface area contributed by atoms with Crippen molar-refractivity contribution in [1.82, 2.24) is 20.4 Å². The van der Waals surface area contributed by atoms with Crippen LogP contribution in [0.25, 0.3) is 0 Å². The number of likely N-dealkylation sites (N-methyl/N-ethyl adjacent to an activating group) is 1. The zero-order valence-electron chi connectivity index (χ0n) is 15.5. The second-order valence-corrected chi connectivity index (χ2v) is 6.59. The molecule has 1 heterocycles. The largest absolute Gasteiger partial charge is 0.355 e. The number of hydrogen-bond acceptors (Lipinski definition) is 4. The minimum atomic E-state index is -0.157. The first-order valence-corrected chi connectivity index (χ1v) is 9.06. The van der Waals surface area contributed by atoms with Gasteiger partial charge in [0.2, 0.25) is 11.8 Å². The Morgan fingerprint density at radius 2 is 1.80 bits per heavy atom. The zero-order chi connectivity index (χ0) is 18.2. The number of nitrogens with one attached hydrogen (secondary N) is 2. The second kappa shape index (κ2) is 9.53. The van der Waals surface area contributed by atoms with Crippen LogP contribution in [0.4, 0.5) is 0 Å². The summed E-state index contributed by atoms with van der Waals surface area (Å²) in [6, 6.07) is 7.94. The molecular formula is C19H30N4O2. The summed E-state index contributed by atoms with van der Waals surface area (Å²) in [6.45, 7) is 10.8. The number of amides is 2. The number of nitrogens with zero attached hydrogens (tertiary/aromatic N) is 2. The third-order valence-corrected chi connectivity index (χ3v) is 4.79. The minimum absolute atomic E-state index is 0.0560. The van der Waals surface area contributed by atoms with E-state index in [2.05, 4.69) is 33.4 Å². The molecule has 0 spiro atoms. The molecule has 1 fully saturated rings. The lowest BCUT2D eigenvalue weighted by atomic mass is 10.1. The van der Waals surface area contributed by atoms with Gasteiger partial charge in [0.25, 0.3) is 0 Å². The van der Waals surface area contributed by atoms with Crippen molar-refractivity contribution < 1.29 is 9.59 Å². The van der Waals surface area contributed by atoms with Crippen LogP contribution < -0.4 is 10.6 Å². The molecule has 6 nitrogen and oxygen atoms in total. The molecule has 0 saturated carbocycles. The maximum atomic E-state index is 12.4. The van der Waals surface area contributed by atoms with Crippen molar-refractivity contribution in [2.24, 2.45) is 0 Å². The summed E-state index contributed by atoms with van der Waals surface area (Å²) in [5.41, 5.74) is 2.34. The summed E-state index contributed by atoms with van der Waals surface area (Å²) in [5, 5.41) is 5.86. The van der Waals surface area contributed by atoms with Gasteiger partial charge < -0.3 is 10.6 Å². The Morgan fingerprint density at radius 1 is 1.12 bits per heavy atom. The second-order valence-electron chi connectivity index (χ2n) is 6.59. The number of carbonyl (C=O) groups is 2. The zero-order valence-corrected chi connectivity index (χ0v) is 15.5. The number of piperazine rings is 1. The average molecular weight is 346 g/mol. The van der Waals surface area contributed by atoms with E-state index in [1.54, 1.807) is 0 Å². The molecule has 6 heteroatoms. The Kier molecular flexibility index (Phi) is 7.40. The molecule has 138 valence electrons. The molecule has 0 bridgehead atoms. The molecule has 1 unspecified atom stereocenters. The molecule has 1 aromatic carbocycles. The lowest BCUT2D eigenvalue weighted by molar-refractivity contribution is -0.128. The van der Waals surface area contributed by atoms with E-state index in [1.165, 1.54) is 5.56 Å². The van der Waals surface area contributed by atoms with Gasteiger partial charge in [-0.1, -0.05) is 24.3 Å².